The Morgan fingerprint density at radius 1 is 1.47 bits per heavy atom. The standard InChI is InChI=1S/C14H16FNO3/c1-3-19-14(18)10(2)16-13(17)8-7-11-5-4-6-12(15)9-11/h4-10H,3H2,1-2H3,(H,16,17). The third-order valence-corrected chi connectivity index (χ3v) is 2.27. The molecule has 0 radical (unpaired) electrons. The topological polar surface area (TPSA) is 55.4 Å². The van der Waals surface area contributed by atoms with Crippen LogP contribution in [-0.2, 0) is 14.3 Å². The molecule has 19 heavy (non-hydrogen) atoms. The first-order valence-electron chi connectivity index (χ1n) is 5.93. The lowest BCUT2D eigenvalue weighted by molar-refractivity contribution is -0.146. The molecule has 0 saturated carbocycles. The van der Waals surface area contributed by atoms with Crippen LogP contribution in [0.4, 0.5) is 4.39 Å². The molecule has 0 heterocycles. The van der Waals surface area contributed by atoms with Gasteiger partial charge in [-0.25, -0.2) is 9.18 Å². The predicted molar refractivity (Wildman–Crippen MR) is 69.7 cm³/mol. The van der Waals surface area contributed by atoms with E-state index >= 15 is 0 Å². The maximum atomic E-state index is 12.9. The number of esters is 1. The third-order valence-electron chi connectivity index (χ3n) is 2.27. The normalized spacial score (nSPS) is 12.2. The van der Waals surface area contributed by atoms with Crippen LogP contribution >= 0.6 is 0 Å². The van der Waals surface area contributed by atoms with Crippen molar-refractivity contribution < 1.29 is 18.7 Å². The van der Waals surface area contributed by atoms with Gasteiger partial charge < -0.3 is 10.1 Å². The maximum absolute atomic E-state index is 12.9. The molecule has 0 aliphatic rings. The van der Waals surface area contributed by atoms with Gasteiger partial charge in [0.05, 0.1) is 6.61 Å². The van der Waals surface area contributed by atoms with Gasteiger partial charge in [0, 0.05) is 6.08 Å². The molecule has 0 bridgehead atoms. The summed E-state index contributed by atoms with van der Waals surface area (Å²) >= 11 is 0. The van der Waals surface area contributed by atoms with Crippen molar-refractivity contribution in [2.24, 2.45) is 0 Å². The Hall–Kier alpha value is -2.17. The van der Waals surface area contributed by atoms with Crippen molar-refractivity contribution in [3.05, 3.63) is 41.7 Å². The molecule has 0 spiro atoms. The van der Waals surface area contributed by atoms with E-state index in [0.717, 1.165) is 0 Å². The molecular formula is C14H16FNO3. The van der Waals surface area contributed by atoms with Crippen LogP contribution in [-0.4, -0.2) is 24.5 Å². The number of hydrogen-bond donors (Lipinski definition) is 1. The number of nitrogens with one attached hydrogen (secondary N) is 1. The fourth-order valence-electron chi connectivity index (χ4n) is 1.37. The molecule has 1 atom stereocenters. The summed E-state index contributed by atoms with van der Waals surface area (Å²) < 4.78 is 17.7. The Bertz CT molecular complexity index is 485. The molecule has 0 saturated heterocycles. The highest BCUT2D eigenvalue weighted by atomic mass is 19.1. The van der Waals surface area contributed by atoms with E-state index < -0.39 is 17.9 Å². The number of carbonyl (C=O) groups is 2. The van der Waals surface area contributed by atoms with E-state index in [-0.39, 0.29) is 12.4 Å². The zero-order chi connectivity index (χ0) is 14.3. The fraction of sp³-hybridized carbons (Fsp3) is 0.286. The molecule has 0 aromatic heterocycles. The minimum atomic E-state index is -0.718. The summed E-state index contributed by atoms with van der Waals surface area (Å²) in [5.41, 5.74) is 0.568. The van der Waals surface area contributed by atoms with Crippen LogP contribution in [0.3, 0.4) is 0 Å². The summed E-state index contributed by atoms with van der Waals surface area (Å²) in [6.07, 6.45) is 2.71. The van der Waals surface area contributed by atoms with Crippen molar-refractivity contribution in [3.8, 4) is 0 Å². The van der Waals surface area contributed by atoms with Gasteiger partial charge in [-0.1, -0.05) is 12.1 Å². The Balaban J connectivity index is 2.53. The van der Waals surface area contributed by atoms with Crippen LogP contribution < -0.4 is 5.32 Å². The lowest BCUT2D eigenvalue weighted by Crippen LogP contribution is -2.38. The first-order chi connectivity index (χ1) is 9.02. The highest BCUT2D eigenvalue weighted by Gasteiger charge is 2.14. The van der Waals surface area contributed by atoms with E-state index in [1.54, 1.807) is 19.1 Å². The van der Waals surface area contributed by atoms with Gasteiger partial charge in [0.2, 0.25) is 5.91 Å². The molecule has 1 N–H and O–H groups in total. The van der Waals surface area contributed by atoms with E-state index in [1.807, 2.05) is 0 Å². The smallest absolute Gasteiger partial charge is 0.328 e. The highest BCUT2D eigenvalue weighted by Crippen LogP contribution is 2.05. The van der Waals surface area contributed by atoms with Crippen molar-refractivity contribution in [2.45, 2.75) is 19.9 Å². The van der Waals surface area contributed by atoms with Gasteiger partial charge >= 0.3 is 5.97 Å². The van der Waals surface area contributed by atoms with Crippen LogP contribution in [0.15, 0.2) is 30.3 Å². The molecule has 0 aliphatic heterocycles. The van der Waals surface area contributed by atoms with Crippen molar-refractivity contribution in [1.29, 1.82) is 0 Å². The molecule has 5 heteroatoms. The number of amides is 1. The second-order valence-electron chi connectivity index (χ2n) is 3.87. The number of ether oxygens (including phenoxy) is 1. The van der Waals surface area contributed by atoms with E-state index in [9.17, 15) is 14.0 Å². The zero-order valence-electron chi connectivity index (χ0n) is 10.9. The largest absolute Gasteiger partial charge is 0.464 e. The molecule has 1 aromatic carbocycles. The Labute approximate surface area is 111 Å². The molecule has 0 aliphatic carbocycles. The van der Waals surface area contributed by atoms with Gasteiger partial charge in [-0.05, 0) is 37.6 Å². The van der Waals surface area contributed by atoms with Gasteiger partial charge in [0.1, 0.15) is 11.9 Å². The monoisotopic (exact) mass is 265 g/mol. The first kappa shape index (κ1) is 14.9. The van der Waals surface area contributed by atoms with Crippen LogP contribution in [0.25, 0.3) is 6.08 Å². The zero-order valence-corrected chi connectivity index (χ0v) is 10.9. The van der Waals surface area contributed by atoms with Crippen LogP contribution in [0.2, 0.25) is 0 Å². The lowest BCUT2D eigenvalue weighted by atomic mass is 10.2. The second kappa shape index (κ2) is 7.31. The van der Waals surface area contributed by atoms with Gasteiger partial charge in [-0.2, -0.15) is 0 Å². The summed E-state index contributed by atoms with van der Waals surface area (Å²) in [6, 6.07) is 5.12. The first-order valence-corrected chi connectivity index (χ1v) is 5.93. The molecule has 4 nitrogen and oxygen atoms in total. The van der Waals surface area contributed by atoms with E-state index in [2.05, 4.69) is 5.32 Å². The molecule has 1 aromatic rings. The van der Waals surface area contributed by atoms with Gasteiger partial charge in [-0.15, -0.1) is 0 Å². The lowest BCUT2D eigenvalue weighted by Gasteiger charge is -2.10. The molecule has 102 valence electrons. The quantitative estimate of drug-likeness (QED) is 0.653. The summed E-state index contributed by atoms with van der Waals surface area (Å²) in [6.45, 7) is 3.49. The summed E-state index contributed by atoms with van der Waals surface area (Å²) in [7, 11) is 0. The van der Waals surface area contributed by atoms with Crippen LogP contribution in [0.1, 0.15) is 19.4 Å². The molecule has 1 unspecified atom stereocenters. The Morgan fingerprint density at radius 3 is 2.84 bits per heavy atom. The van der Waals surface area contributed by atoms with Crippen molar-refractivity contribution in [1.82, 2.24) is 5.32 Å². The average molecular weight is 265 g/mol. The fourth-order valence-corrected chi connectivity index (χ4v) is 1.37. The van der Waals surface area contributed by atoms with Crippen molar-refractivity contribution in [2.75, 3.05) is 6.61 Å². The van der Waals surface area contributed by atoms with Gasteiger partial charge in [-0.3, -0.25) is 4.79 Å². The van der Waals surface area contributed by atoms with E-state index in [4.69, 9.17) is 4.74 Å². The maximum Gasteiger partial charge on any atom is 0.328 e. The number of benzene rings is 1. The SMILES string of the molecule is CCOC(=O)C(C)NC(=O)C=Cc1cccc(F)c1. The number of carbonyl (C=O) groups excluding carboxylic acids is 2. The number of hydrogen-bond acceptors (Lipinski definition) is 3. The summed E-state index contributed by atoms with van der Waals surface area (Å²) in [5, 5.41) is 2.46. The summed E-state index contributed by atoms with van der Waals surface area (Å²) in [5.74, 6) is -1.30. The van der Waals surface area contributed by atoms with E-state index in [0.29, 0.717) is 5.56 Å². The minimum Gasteiger partial charge on any atom is -0.464 e. The highest BCUT2D eigenvalue weighted by molar-refractivity contribution is 5.94. The van der Waals surface area contributed by atoms with Gasteiger partial charge in [0.25, 0.3) is 0 Å². The Morgan fingerprint density at radius 2 is 2.21 bits per heavy atom. The van der Waals surface area contributed by atoms with Crippen LogP contribution in [0.5, 0.6) is 0 Å². The average Bonchev–Trinajstić information content (AvgIpc) is 2.36. The van der Waals surface area contributed by atoms with Gasteiger partial charge in [0.15, 0.2) is 0 Å². The third kappa shape index (κ3) is 5.33. The second-order valence-corrected chi connectivity index (χ2v) is 3.87. The van der Waals surface area contributed by atoms with Crippen LogP contribution in [0, 0.1) is 5.82 Å². The number of halogens is 1. The Kier molecular flexibility index (Phi) is 5.73. The van der Waals surface area contributed by atoms with Crippen molar-refractivity contribution in [3.63, 3.8) is 0 Å². The predicted octanol–water partition coefficient (Wildman–Crippen LogP) is 1.91. The van der Waals surface area contributed by atoms with E-state index in [1.165, 1.54) is 31.2 Å². The molecule has 1 rings (SSSR count). The minimum absolute atomic E-state index is 0.262. The summed E-state index contributed by atoms with van der Waals surface area (Å²) in [4.78, 5) is 22.8. The van der Waals surface area contributed by atoms with Crippen molar-refractivity contribution >= 4 is 18.0 Å². The number of rotatable bonds is 5. The molecular weight excluding hydrogens is 249 g/mol. The molecule has 0 fully saturated rings. The molecule has 1 amide bonds.